The largest absolute Gasteiger partial charge is 0.337 e. The van der Waals surface area contributed by atoms with E-state index in [-0.39, 0.29) is 18.3 Å². The molecule has 2 fully saturated rings. The second-order valence-corrected chi connectivity index (χ2v) is 7.59. The summed E-state index contributed by atoms with van der Waals surface area (Å²) in [6.07, 6.45) is 5.54. The molecular weight excluding hydrogens is 372 g/mol. The Morgan fingerprint density at radius 2 is 1.71 bits per heavy atom. The maximum Gasteiger partial charge on any atom is 0.253 e. The fourth-order valence-electron chi connectivity index (χ4n) is 4.44. The Hall–Kier alpha value is -2.37. The number of nitrogens with zero attached hydrogens (tertiary/aromatic N) is 4. The normalized spacial score (nSPS) is 19.9. The van der Waals surface area contributed by atoms with Crippen LogP contribution in [0.2, 0.25) is 0 Å². The zero-order chi connectivity index (χ0) is 18.2. The van der Waals surface area contributed by atoms with E-state index >= 15 is 0 Å². The minimum atomic E-state index is 0. The van der Waals surface area contributed by atoms with Gasteiger partial charge in [0.05, 0.1) is 11.0 Å². The summed E-state index contributed by atoms with van der Waals surface area (Å²) in [5, 5.41) is 0. The molecule has 2 aliphatic heterocycles. The third-order valence-corrected chi connectivity index (χ3v) is 5.95. The lowest BCUT2D eigenvalue weighted by Crippen LogP contribution is -2.37. The molecule has 2 aliphatic rings. The van der Waals surface area contributed by atoms with E-state index in [0.717, 1.165) is 41.8 Å². The number of aromatic nitrogens is 2. The van der Waals surface area contributed by atoms with Crippen LogP contribution in [0.1, 0.15) is 29.6 Å². The van der Waals surface area contributed by atoms with E-state index in [1.807, 2.05) is 53.7 Å². The van der Waals surface area contributed by atoms with Crippen LogP contribution in [0, 0.1) is 0 Å². The molecule has 6 heteroatoms. The summed E-state index contributed by atoms with van der Waals surface area (Å²) < 4.78 is 2.06. The molecule has 0 spiro atoms. The van der Waals surface area contributed by atoms with Gasteiger partial charge in [0.1, 0.15) is 6.33 Å². The molecule has 0 aliphatic carbocycles. The highest BCUT2D eigenvalue weighted by Crippen LogP contribution is 2.23. The Morgan fingerprint density at radius 1 is 0.964 bits per heavy atom. The summed E-state index contributed by atoms with van der Waals surface area (Å²) in [5.41, 5.74) is 3.84. The van der Waals surface area contributed by atoms with E-state index in [2.05, 4.69) is 20.5 Å². The van der Waals surface area contributed by atoms with Crippen molar-refractivity contribution in [3.8, 4) is 5.69 Å². The van der Waals surface area contributed by atoms with Crippen molar-refractivity contribution in [1.29, 1.82) is 0 Å². The number of carbonyl (C=O) groups excluding carboxylic acids is 1. The van der Waals surface area contributed by atoms with Gasteiger partial charge in [-0.15, -0.1) is 12.4 Å². The standard InChI is InChI=1S/C22H24N4O.ClH/c27-22(25-14-11-19(15-25)24-12-3-4-13-24)17-7-9-18(10-8-17)26-16-23-20-5-1-2-6-21(20)26;/h1-2,5-10,16,19H,3-4,11-15H2;1H/t19-;/m0./s1. The number of halogens is 1. The number of amides is 1. The fraction of sp³-hybridized carbons (Fsp3) is 0.364. The van der Waals surface area contributed by atoms with E-state index in [1.165, 1.54) is 25.9 Å². The monoisotopic (exact) mass is 396 g/mol. The minimum Gasteiger partial charge on any atom is -0.337 e. The molecule has 3 aromatic rings. The second-order valence-electron chi connectivity index (χ2n) is 7.59. The van der Waals surface area contributed by atoms with Crippen molar-refractivity contribution < 1.29 is 4.79 Å². The highest BCUT2D eigenvalue weighted by Gasteiger charge is 2.31. The Balaban J connectivity index is 0.00000192. The van der Waals surface area contributed by atoms with E-state index in [1.54, 1.807) is 0 Å². The maximum atomic E-state index is 12.9. The molecule has 5 nitrogen and oxygen atoms in total. The molecule has 1 aromatic heterocycles. The predicted molar refractivity (Wildman–Crippen MR) is 113 cm³/mol. The molecule has 0 N–H and O–H groups in total. The first-order chi connectivity index (χ1) is 13.3. The van der Waals surface area contributed by atoms with Crippen LogP contribution in [0.25, 0.3) is 16.7 Å². The number of imidazole rings is 1. The van der Waals surface area contributed by atoms with Gasteiger partial charge in [0, 0.05) is 30.4 Å². The van der Waals surface area contributed by atoms with Crippen LogP contribution in [-0.4, -0.2) is 57.5 Å². The van der Waals surface area contributed by atoms with Crippen molar-refractivity contribution in [1.82, 2.24) is 19.4 Å². The molecular formula is C22H25ClN4O. The van der Waals surface area contributed by atoms with Crippen molar-refractivity contribution in [2.75, 3.05) is 26.2 Å². The number of benzene rings is 2. The van der Waals surface area contributed by atoms with Crippen molar-refractivity contribution in [2.24, 2.45) is 0 Å². The van der Waals surface area contributed by atoms with E-state index in [0.29, 0.717) is 6.04 Å². The highest BCUT2D eigenvalue weighted by atomic mass is 35.5. The molecule has 0 radical (unpaired) electrons. The molecule has 2 saturated heterocycles. The fourth-order valence-corrected chi connectivity index (χ4v) is 4.44. The van der Waals surface area contributed by atoms with Gasteiger partial charge in [0.15, 0.2) is 0 Å². The Labute approximate surface area is 171 Å². The molecule has 146 valence electrons. The summed E-state index contributed by atoms with van der Waals surface area (Å²) in [5.74, 6) is 0.152. The predicted octanol–water partition coefficient (Wildman–Crippen LogP) is 3.76. The quantitative estimate of drug-likeness (QED) is 0.676. The van der Waals surface area contributed by atoms with Crippen molar-refractivity contribution >= 4 is 29.3 Å². The third-order valence-electron chi connectivity index (χ3n) is 5.95. The maximum absolute atomic E-state index is 12.9. The lowest BCUT2D eigenvalue weighted by molar-refractivity contribution is 0.0780. The van der Waals surface area contributed by atoms with Crippen LogP contribution < -0.4 is 0 Å². The zero-order valence-corrected chi connectivity index (χ0v) is 16.6. The molecule has 0 unspecified atom stereocenters. The van der Waals surface area contributed by atoms with Gasteiger partial charge in [-0.25, -0.2) is 4.98 Å². The van der Waals surface area contributed by atoms with Crippen molar-refractivity contribution in [3.05, 3.63) is 60.4 Å². The summed E-state index contributed by atoms with van der Waals surface area (Å²) >= 11 is 0. The first kappa shape index (κ1) is 19.0. The van der Waals surface area contributed by atoms with E-state index < -0.39 is 0 Å². The van der Waals surface area contributed by atoms with E-state index in [4.69, 9.17) is 0 Å². The first-order valence-electron chi connectivity index (χ1n) is 9.85. The van der Waals surface area contributed by atoms with Crippen LogP contribution in [0.5, 0.6) is 0 Å². The summed E-state index contributed by atoms with van der Waals surface area (Å²) in [7, 11) is 0. The van der Waals surface area contributed by atoms with Crippen LogP contribution in [0.3, 0.4) is 0 Å². The lowest BCUT2D eigenvalue weighted by atomic mass is 10.1. The average Bonchev–Trinajstić information content (AvgIpc) is 3.47. The molecule has 0 saturated carbocycles. The van der Waals surface area contributed by atoms with Crippen LogP contribution in [-0.2, 0) is 0 Å². The number of carbonyl (C=O) groups is 1. The Morgan fingerprint density at radius 3 is 2.50 bits per heavy atom. The van der Waals surface area contributed by atoms with Gasteiger partial charge in [-0.2, -0.15) is 0 Å². The van der Waals surface area contributed by atoms with Gasteiger partial charge in [-0.3, -0.25) is 14.3 Å². The molecule has 0 bridgehead atoms. The SMILES string of the molecule is Cl.O=C(c1ccc(-n2cnc3ccccc32)cc1)N1CC[C@H](N2CCCC2)C1. The van der Waals surface area contributed by atoms with Gasteiger partial charge < -0.3 is 4.90 Å². The van der Waals surface area contributed by atoms with Gasteiger partial charge in [0.2, 0.25) is 0 Å². The van der Waals surface area contributed by atoms with E-state index in [9.17, 15) is 4.79 Å². The molecule has 3 heterocycles. The number of hydrogen-bond acceptors (Lipinski definition) is 3. The molecule has 1 atom stereocenters. The molecule has 2 aromatic carbocycles. The molecule has 1 amide bonds. The van der Waals surface area contributed by atoms with Crippen LogP contribution in [0.15, 0.2) is 54.9 Å². The smallest absolute Gasteiger partial charge is 0.253 e. The number of rotatable bonds is 3. The average molecular weight is 397 g/mol. The van der Waals surface area contributed by atoms with Crippen molar-refractivity contribution in [3.63, 3.8) is 0 Å². The lowest BCUT2D eigenvalue weighted by Gasteiger charge is -2.23. The van der Waals surface area contributed by atoms with Gasteiger partial charge in [-0.05, 0) is 68.8 Å². The topological polar surface area (TPSA) is 41.4 Å². The third kappa shape index (κ3) is 3.40. The van der Waals surface area contributed by atoms with Gasteiger partial charge in [-0.1, -0.05) is 12.1 Å². The zero-order valence-electron chi connectivity index (χ0n) is 15.8. The summed E-state index contributed by atoms with van der Waals surface area (Å²) in [6.45, 7) is 4.13. The highest BCUT2D eigenvalue weighted by molar-refractivity contribution is 5.94. The number of hydrogen-bond donors (Lipinski definition) is 0. The van der Waals surface area contributed by atoms with Crippen LogP contribution >= 0.6 is 12.4 Å². The summed E-state index contributed by atoms with van der Waals surface area (Å²) in [4.78, 5) is 21.9. The minimum absolute atomic E-state index is 0. The first-order valence-corrected chi connectivity index (χ1v) is 9.85. The van der Waals surface area contributed by atoms with Crippen molar-refractivity contribution in [2.45, 2.75) is 25.3 Å². The summed E-state index contributed by atoms with van der Waals surface area (Å²) in [6, 6.07) is 16.5. The van der Waals surface area contributed by atoms with Gasteiger partial charge >= 0.3 is 0 Å². The second kappa shape index (κ2) is 7.94. The Bertz CT molecular complexity index is 962. The molecule has 5 rings (SSSR count). The number of para-hydroxylation sites is 2. The number of fused-ring (bicyclic) bond motifs is 1. The van der Waals surface area contributed by atoms with Crippen LogP contribution in [0.4, 0.5) is 0 Å². The Kier molecular flexibility index (Phi) is 5.38. The number of likely N-dealkylation sites (tertiary alicyclic amines) is 2. The van der Waals surface area contributed by atoms with Gasteiger partial charge in [0.25, 0.3) is 5.91 Å². The molecule has 28 heavy (non-hydrogen) atoms.